The molecule has 0 fully saturated rings. The van der Waals surface area contributed by atoms with E-state index >= 15 is 0 Å². The van der Waals surface area contributed by atoms with Crippen molar-refractivity contribution in [3.8, 4) is 0 Å². The fourth-order valence-corrected chi connectivity index (χ4v) is 1.41. The molecule has 6 heteroatoms. The number of rotatable bonds is 9. The van der Waals surface area contributed by atoms with E-state index in [9.17, 15) is 0 Å². The molecular weight excluding hydrogens is 206 g/mol. The minimum Gasteiger partial charge on any atom is -0.383 e. The maximum absolute atomic E-state index is 4.95. The molecule has 1 aromatic heterocycles. The lowest BCUT2D eigenvalue weighted by atomic mass is 10.2. The van der Waals surface area contributed by atoms with Crippen molar-refractivity contribution in [3.05, 3.63) is 5.82 Å². The summed E-state index contributed by atoms with van der Waals surface area (Å²) in [4.78, 5) is 0. The summed E-state index contributed by atoms with van der Waals surface area (Å²) in [6.07, 6.45) is 3.56. The van der Waals surface area contributed by atoms with E-state index < -0.39 is 0 Å². The van der Waals surface area contributed by atoms with Crippen LogP contribution in [-0.4, -0.2) is 40.5 Å². The van der Waals surface area contributed by atoms with Crippen molar-refractivity contribution >= 4 is 0 Å². The zero-order valence-electron chi connectivity index (χ0n) is 10.1. The van der Waals surface area contributed by atoms with Crippen LogP contribution in [0.15, 0.2) is 0 Å². The topological polar surface area (TPSA) is 64.9 Å². The molecule has 0 unspecified atom stereocenters. The minimum absolute atomic E-state index is 0.697. The molecule has 0 aliphatic rings. The Morgan fingerprint density at radius 1 is 1.38 bits per heavy atom. The Kier molecular flexibility index (Phi) is 6.67. The van der Waals surface area contributed by atoms with Crippen LogP contribution in [0.5, 0.6) is 0 Å². The zero-order chi connectivity index (χ0) is 11.6. The van der Waals surface area contributed by atoms with Gasteiger partial charge < -0.3 is 10.1 Å². The number of aromatic nitrogens is 4. The summed E-state index contributed by atoms with van der Waals surface area (Å²) in [5, 5.41) is 14.9. The first-order valence-electron chi connectivity index (χ1n) is 5.83. The predicted octanol–water partition coefficient (Wildman–Crippen LogP) is 0.599. The maximum atomic E-state index is 4.95. The summed E-state index contributed by atoms with van der Waals surface area (Å²) in [5.74, 6) is 0.896. The predicted molar refractivity (Wildman–Crippen MR) is 60.9 cm³/mol. The van der Waals surface area contributed by atoms with E-state index in [1.54, 1.807) is 7.11 Å². The monoisotopic (exact) mass is 227 g/mol. The molecule has 0 aliphatic heterocycles. The number of tetrazole rings is 1. The number of aryl methyl sites for hydroxylation is 1. The molecule has 16 heavy (non-hydrogen) atoms. The highest BCUT2D eigenvalue weighted by atomic mass is 16.5. The van der Waals surface area contributed by atoms with Gasteiger partial charge in [-0.25, -0.2) is 4.68 Å². The summed E-state index contributed by atoms with van der Waals surface area (Å²) < 4.78 is 6.82. The van der Waals surface area contributed by atoms with Crippen molar-refractivity contribution in [3.63, 3.8) is 0 Å². The van der Waals surface area contributed by atoms with Crippen LogP contribution < -0.4 is 5.32 Å². The fourth-order valence-electron chi connectivity index (χ4n) is 1.41. The molecule has 0 bridgehead atoms. The number of nitrogens with one attached hydrogen (secondary N) is 1. The summed E-state index contributed by atoms with van der Waals surface area (Å²) in [5.41, 5.74) is 0. The van der Waals surface area contributed by atoms with Crippen LogP contribution in [0.3, 0.4) is 0 Å². The Labute approximate surface area is 96.4 Å². The van der Waals surface area contributed by atoms with Crippen LogP contribution in [0.2, 0.25) is 0 Å². The highest BCUT2D eigenvalue weighted by Gasteiger charge is 2.04. The van der Waals surface area contributed by atoms with E-state index in [0.717, 1.165) is 25.3 Å². The highest BCUT2D eigenvalue weighted by molar-refractivity contribution is 4.79. The normalized spacial score (nSPS) is 10.9. The third kappa shape index (κ3) is 4.67. The van der Waals surface area contributed by atoms with Gasteiger partial charge in [0.25, 0.3) is 0 Å². The van der Waals surface area contributed by atoms with Gasteiger partial charge in [-0.15, -0.1) is 5.10 Å². The van der Waals surface area contributed by atoms with E-state index in [1.807, 2.05) is 4.68 Å². The van der Waals surface area contributed by atoms with Crippen molar-refractivity contribution in [1.82, 2.24) is 25.5 Å². The third-order valence-corrected chi connectivity index (χ3v) is 2.35. The molecule has 1 rings (SSSR count). The standard InChI is InChI=1S/C10H21N5O/c1-3-4-5-7-15-10(12-13-14-15)9-11-6-8-16-2/h11H,3-9H2,1-2H3. The molecule has 1 aromatic rings. The van der Waals surface area contributed by atoms with Gasteiger partial charge in [-0.1, -0.05) is 19.8 Å². The Morgan fingerprint density at radius 3 is 3.00 bits per heavy atom. The number of ether oxygens (including phenoxy) is 1. The first-order valence-corrected chi connectivity index (χ1v) is 5.83. The average molecular weight is 227 g/mol. The maximum Gasteiger partial charge on any atom is 0.165 e. The van der Waals surface area contributed by atoms with Crippen molar-refractivity contribution in [2.24, 2.45) is 0 Å². The summed E-state index contributed by atoms with van der Waals surface area (Å²) in [6.45, 7) is 5.31. The molecular formula is C10H21N5O. The smallest absolute Gasteiger partial charge is 0.165 e. The second-order valence-corrected chi connectivity index (χ2v) is 3.69. The largest absolute Gasteiger partial charge is 0.383 e. The van der Waals surface area contributed by atoms with Crippen LogP contribution in [-0.2, 0) is 17.8 Å². The van der Waals surface area contributed by atoms with Crippen molar-refractivity contribution in [1.29, 1.82) is 0 Å². The van der Waals surface area contributed by atoms with Crippen LogP contribution in [0.25, 0.3) is 0 Å². The first kappa shape index (κ1) is 13.1. The van der Waals surface area contributed by atoms with Crippen molar-refractivity contribution in [2.75, 3.05) is 20.3 Å². The SMILES string of the molecule is CCCCCn1nnnc1CNCCOC. The molecule has 0 saturated carbocycles. The number of hydrogen-bond donors (Lipinski definition) is 1. The Bertz CT molecular complexity index is 276. The molecule has 0 radical (unpaired) electrons. The summed E-state index contributed by atoms with van der Waals surface area (Å²) >= 11 is 0. The van der Waals surface area contributed by atoms with Gasteiger partial charge in [0.05, 0.1) is 13.2 Å². The molecule has 0 amide bonds. The Hall–Kier alpha value is -1.01. The van der Waals surface area contributed by atoms with Gasteiger partial charge in [0.1, 0.15) is 0 Å². The summed E-state index contributed by atoms with van der Waals surface area (Å²) in [6, 6.07) is 0. The molecule has 1 N–H and O–H groups in total. The first-order chi connectivity index (χ1) is 7.88. The van der Waals surface area contributed by atoms with Crippen molar-refractivity contribution < 1.29 is 4.74 Å². The molecule has 0 aliphatic carbocycles. The van der Waals surface area contributed by atoms with Crippen LogP contribution in [0.1, 0.15) is 32.0 Å². The second-order valence-electron chi connectivity index (χ2n) is 3.69. The van der Waals surface area contributed by atoms with Crippen LogP contribution in [0.4, 0.5) is 0 Å². The molecule has 0 saturated heterocycles. The lowest BCUT2D eigenvalue weighted by Crippen LogP contribution is -2.21. The lowest BCUT2D eigenvalue weighted by molar-refractivity contribution is 0.198. The fraction of sp³-hybridized carbons (Fsp3) is 0.900. The van der Waals surface area contributed by atoms with Crippen molar-refractivity contribution in [2.45, 2.75) is 39.3 Å². The highest BCUT2D eigenvalue weighted by Crippen LogP contribution is 1.99. The van der Waals surface area contributed by atoms with E-state index in [0.29, 0.717) is 13.2 Å². The van der Waals surface area contributed by atoms with Gasteiger partial charge in [0.2, 0.25) is 0 Å². The van der Waals surface area contributed by atoms with E-state index in [-0.39, 0.29) is 0 Å². The summed E-state index contributed by atoms with van der Waals surface area (Å²) in [7, 11) is 1.69. The molecule has 92 valence electrons. The van der Waals surface area contributed by atoms with Gasteiger partial charge in [-0.2, -0.15) is 0 Å². The van der Waals surface area contributed by atoms with Crippen LogP contribution in [0, 0.1) is 0 Å². The van der Waals surface area contributed by atoms with E-state index in [4.69, 9.17) is 4.74 Å². The van der Waals surface area contributed by atoms with Gasteiger partial charge in [0.15, 0.2) is 5.82 Å². The number of nitrogens with zero attached hydrogens (tertiary/aromatic N) is 4. The lowest BCUT2D eigenvalue weighted by Gasteiger charge is -2.05. The zero-order valence-corrected chi connectivity index (χ0v) is 10.1. The minimum atomic E-state index is 0.697. The molecule has 0 aromatic carbocycles. The number of hydrogen-bond acceptors (Lipinski definition) is 5. The molecule has 0 atom stereocenters. The average Bonchev–Trinajstić information content (AvgIpc) is 2.73. The van der Waals surface area contributed by atoms with E-state index in [2.05, 4.69) is 27.8 Å². The second kappa shape index (κ2) is 8.18. The third-order valence-electron chi connectivity index (χ3n) is 2.35. The van der Waals surface area contributed by atoms with Gasteiger partial charge >= 0.3 is 0 Å². The number of methoxy groups -OCH3 is 1. The quantitative estimate of drug-likeness (QED) is 0.626. The van der Waals surface area contributed by atoms with Gasteiger partial charge in [-0.05, 0) is 16.8 Å². The van der Waals surface area contributed by atoms with Gasteiger partial charge in [-0.3, -0.25) is 0 Å². The number of unbranched alkanes of at least 4 members (excludes halogenated alkanes) is 2. The Balaban J connectivity index is 2.26. The molecule has 0 spiro atoms. The Morgan fingerprint density at radius 2 is 2.25 bits per heavy atom. The molecule has 6 nitrogen and oxygen atoms in total. The van der Waals surface area contributed by atoms with E-state index in [1.165, 1.54) is 12.8 Å². The molecule has 1 heterocycles. The van der Waals surface area contributed by atoms with Gasteiger partial charge in [0, 0.05) is 20.2 Å². The van der Waals surface area contributed by atoms with Crippen LogP contribution >= 0.6 is 0 Å².